The van der Waals surface area contributed by atoms with Gasteiger partial charge < -0.3 is 8.83 Å². The van der Waals surface area contributed by atoms with Gasteiger partial charge in [-0.15, -0.1) is 81.8 Å². The van der Waals surface area contributed by atoms with E-state index in [1.54, 1.807) is 12.5 Å². The van der Waals surface area contributed by atoms with Crippen molar-refractivity contribution in [1.82, 2.24) is 0 Å². The zero-order chi connectivity index (χ0) is 20.5. The number of fused-ring (bicyclic) bond motifs is 2. The van der Waals surface area contributed by atoms with Crippen molar-refractivity contribution < 1.29 is 30.6 Å². The van der Waals surface area contributed by atoms with Crippen molar-refractivity contribution >= 4 is 46.4 Å². The molecule has 0 N–H and O–H groups in total. The SMILES string of the molecule is C[c-]1c(-c2ccco2)cc2ccccc21.C[c-]1c(-c2ccco2)cc2ccccc21.Cl.Cl.[Ti+2]. The molecule has 33 heavy (non-hydrogen) atoms. The van der Waals surface area contributed by atoms with Gasteiger partial charge in [-0.25, -0.2) is 0 Å². The largest absolute Gasteiger partial charge is 2.00 e. The summed E-state index contributed by atoms with van der Waals surface area (Å²) in [6, 6.07) is 29.1. The summed E-state index contributed by atoms with van der Waals surface area (Å²) in [5.74, 6) is 1.90. The van der Waals surface area contributed by atoms with Crippen LogP contribution in [-0.2, 0) is 21.7 Å². The van der Waals surface area contributed by atoms with Crippen LogP contribution < -0.4 is 0 Å². The van der Waals surface area contributed by atoms with Crippen molar-refractivity contribution in [2.24, 2.45) is 0 Å². The van der Waals surface area contributed by atoms with Gasteiger partial charge in [-0.05, 0) is 12.1 Å². The Kier molecular flexibility index (Phi) is 9.40. The first-order valence-corrected chi connectivity index (χ1v) is 10.1. The maximum absolute atomic E-state index is 5.43. The molecule has 0 amide bonds. The van der Waals surface area contributed by atoms with Crippen LogP contribution >= 0.6 is 24.8 Å². The fourth-order valence-corrected chi connectivity index (χ4v) is 4.12. The van der Waals surface area contributed by atoms with Crippen molar-refractivity contribution in [1.29, 1.82) is 0 Å². The summed E-state index contributed by atoms with van der Waals surface area (Å²) >= 11 is 0. The molecule has 166 valence electrons. The number of rotatable bonds is 2. The van der Waals surface area contributed by atoms with Gasteiger partial charge in [-0.1, -0.05) is 73.5 Å². The van der Waals surface area contributed by atoms with Crippen LogP contribution in [0.4, 0.5) is 0 Å². The Morgan fingerprint density at radius 3 is 1.27 bits per heavy atom. The fraction of sp³-hybridized carbons (Fsp3) is 0.0714. The van der Waals surface area contributed by atoms with Crippen LogP contribution in [0, 0.1) is 13.8 Å². The van der Waals surface area contributed by atoms with E-state index in [2.05, 4.69) is 74.5 Å². The Hall–Kier alpha value is -2.49. The van der Waals surface area contributed by atoms with Crippen LogP contribution in [0.15, 0.2) is 106 Å². The van der Waals surface area contributed by atoms with Gasteiger partial charge >= 0.3 is 21.7 Å². The summed E-state index contributed by atoms with van der Waals surface area (Å²) in [6.45, 7) is 4.28. The number of hydrogen-bond acceptors (Lipinski definition) is 2. The van der Waals surface area contributed by atoms with Gasteiger partial charge in [0.05, 0.1) is 24.0 Å². The molecule has 2 nitrogen and oxygen atoms in total. The first-order chi connectivity index (χ1) is 14.7. The minimum Gasteiger partial charge on any atom is -0.499 e. The maximum atomic E-state index is 5.43. The Bertz CT molecular complexity index is 1300. The fourth-order valence-electron chi connectivity index (χ4n) is 4.12. The normalized spacial score (nSPS) is 10.0. The van der Waals surface area contributed by atoms with E-state index in [1.807, 2.05) is 24.3 Å². The number of hydrogen-bond donors (Lipinski definition) is 0. The van der Waals surface area contributed by atoms with E-state index in [1.165, 1.54) is 43.8 Å². The summed E-state index contributed by atoms with van der Waals surface area (Å²) in [7, 11) is 0. The minimum absolute atomic E-state index is 0. The Morgan fingerprint density at radius 2 is 0.939 bits per heavy atom. The number of aryl methyl sites for hydroxylation is 2. The molecule has 0 saturated carbocycles. The predicted octanol–water partition coefficient (Wildman–Crippen LogP) is 9.10. The molecule has 6 aromatic rings. The molecule has 0 radical (unpaired) electrons. The van der Waals surface area contributed by atoms with Crippen LogP contribution in [0.5, 0.6) is 0 Å². The summed E-state index contributed by atoms with van der Waals surface area (Å²) in [5.41, 5.74) is 4.98. The van der Waals surface area contributed by atoms with Crippen molar-refractivity contribution in [2.45, 2.75) is 13.8 Å². The van der Waals surface area contributed by atoms with Gasteiger partial charge in [0.15, 0.2) is 0 Å². The molecule has 0 spiro atoms. The van der Waals surface area contributed by atoms with Gasteiger partial charge in [0.2, 0.25) is 0 Å². The van der Waals surface area contributed by atoms with E-state index < -0.39 is 0 Å². The van der Waals surface area contributed by atoms with E-state index in [0.717, 1.165) is 11.5 Å². The monoisotopic (exact) mass is 510 g/mol. The molecule has 5 heteroatoms. The van der Waals surface area contributed by atoms with Crippen molar-refractivity contribution in [3.8, 4) is 22.6 Å². The standard InChI is InChI=1S/2C14H11O.2ClH.Ti/c2*1-10-12-6-3-2-5-11(12)9-13(10)14-7-4-8-15-14;;;/h2*2-9H,1H3;2*1H;/q2*-1;;;+2. The molecule has 0 saturated heterocycles. The third kappa shape index (κ3) is 5.21. The summed E-state index contributed by atoms with van der Waals surface area (Å²) in [4.78, 5) is 0. The molecule has 6 rings (SSSR count). The summed E-state index contributed by atoms with van der Waals surface area (Å²) in [6.07, 6.45) is 3.43. The van der Waals surface area contributed by atoms with Crippen LogP contribution in [0.25, 0.3) is 44.2 Å². The van der Waals surface area contributed by atoms with Crippen LogP contribution in [-0.4, -0.2) is 0 Å². The molecular formula is C28H24Cl2O2Ti. The molecule has 4 aromatic carbocycles. The zero-order valence-corrected chi connectivity index (χ0v) is 21.6. The van der Waals surface area contributed by atoms with Crippen molar-refractivity contribution in [2.75, 3.05) is 0 Å². The van der Waals surface area contributed by atoms with Crippen molar-refractivity contribution in [3.63, 3.8) is 0 Å². The first-order valence-electron chi connectivity index (χ1n) is 10.1. The number of halogens is 2. The molecule has 0 bridgehead atoms. The topological polar surface area (TPSA) is 26.3 Å². The van der Waals surface area contributed by atoms with Crippen LogP contribution in [0.1, 0.15) is 11.1 Å². The second-order valence-electron chi connectivity index (χ2n) is 7.50. The van der Waals surface area contributed by atoms with Crippen molar-refractivity contribution in [3.05, 3.63) is 109 Å². The van der Waals surface area contributed by atoms with Gasteiger partial charge in [-0.2, -0.15) is 0 Å². The molecule has 0 aliphatic carbocycles. The Labute approximate surface area is 221 Å². The van der Waals surface area contributed by atoms with Gasteiger partial charge in [0.1, 0.15) is 0 Å². The zero-order valence-electron chi connectivity index (χ0n) is 18.4. The molecule has 0 atom stereocenters. The van der Waals surface area contributed by atoms with E-state index in [4.69, 9.17) is 8.83 Å². The second-order valence-corrected chi connectivity index (χ2v) is 7.50. The maximum Gasteiger partial charge on any atom is 2.00 e. The quantitative estimate of drug-likeness (QED) is 0.171. The summed E-state index contributed by atoms with van der Waals surface area (Å²) in [5, 5.41) is 5.18. The van der Waals surface area contributed by atoms with Gasteiger partial charge in [0, 0.05) is 0 Å². The van der Waals surface area contributed by atoms with Gasteiger partial charge in [0.25, 0.3) is 0 Å². The molecule has 0 unspecified atom stereocenters. The van der Waals surface area contributed by atoms with E-state index in [9.17, 15) is 0 Å². The molecule has 0 aliphatic heterocycles. The number of benzene rings is 2. The van der Waals surface area contributed by atoms with Gasteiger partial charge in [-0.3, -0.25) is 0 Å². The van der Waals surface area contributed by atoms with Crippen LogP contribution in [0.2, 0.25) is 0 Å². The third-order valence-corrected chi connectivity index (χ3v) is 5.71. The van der Waals surface area contributed by atoms with E-state index >= 15 is 0 Å². The van der Waals surface area contributed by atoms with Crippen LogP contribution in [0.3, 0.4) is 0 Å². The smallest absolute Gasteiger partial charge is 0.499 e. The summed E-state index contributed by atoms with van der Waals surface area (Å²) < 4.78 is 10.9. The minimum atomic E-state index is 0. The molecule has 0 aliphatic rings. The average molecular weight is 511 g/mol. The molecule has 0 fully saturated rings. The Morgan fingerprint density at radius 1 is 0.545 bits per heavy atom. The molecular weight excluding hydrogens is 487 g/mol. The first kappa shape index (κ1) is 26.8. The average Bonchev–Trinajstić information content (AvgIpc) is 3.56. The second kappa shape index (κ2) is 11.6. The Balaban J connectivity index is 0.000000214. The number of furan rings is 2. The van der Waals surface area contributed by atoms with E-state index in [-0.39, 0.29) is 46.5 Å². The molecule has 2 heterocycles. The molecule has 2 aromatic heterocycles. The predicted molar refractivity (Wildman–Crippen MR) is 138 cm³/mol. The van der Waals surface area contributed by atoms with E-state index in [0.29, 0.717) is 0 Å². The third-order valence-electron chi connectivity index (χ3n) is 5.71.